The van der Waals surface area contributed by atoms with Crippen LogP contribution in [0, 0.1) is 22.7 Å². The molecule has 1 rings (SSSR count). The van der Waals surface area contributed by atoms with Gasteiger partial charge in [0, 0.05) is 55.3 Å². The first kappa shape index (κ1) is 43.8. The summed E-state index contributed by atoms with van der Waals surface area (Å²) in [5.41, 5.74) is 1.08. The van der Waals surface area contributed by atoms with Crippen LogP contribution in [0.3, 0.4) is 0 Å². The Kier molecular flexibility index (Phi) is 43.7. The smallest absolute Gasteiger partial charge is 0.106 e. The molecule has 0 amide bonds. The van der Waals surface area contributed by atoms with Gasteiger partial charge in [-0.3, -0.25) is 0 Å². The van der Waals surface area contributed by atoms with Crippen LogP contribution in [0.5, 0.6) is 0 Å². The van der Waals surface area contributed by atoms with Crippen LogP contribution in [0.25, 0.3) is 0 Å². The van der Waals surface area contributed by atoms with Gasteiger partial charge >= 0.3 is 0 Å². The van der Waals surface area contributed by atoms with Crippen molar-refractivity contribution in [3.63, 3.8) is 0 Å². The predicted octanol–water partition coefficient (Wildman–Crippen LogP) is 6.89. The minimum absolute atomic E-state index is 0. The van der Waals surface area contributed by atoms with E-state index in [1.807, 2.05) is 13.7 Å². The summed E-state index contributed by atoms with van der Waals surface area (Å²) in [6.45, 7) is 24.7. The summed E-state index contributed by atoms with van der Waals surface area (Å²) in [6.07, 6.45) is 8.82. The first-order chi connectivity index (χ1) is 12.4. The van der Waals surface area contributed by atoms with E-state index in [9.17, 15) is 0 Å². The first-order valence-electron chi connectivity index (χ1n) is 10.9. The van der Waals surface area contributed by atoms with Crippen LogP contribution in [0.4, 0.5) is 0 Å². The topological polar surface area (TPSA) is 57.5 Å². The summed E-state index contributed by atoms with van der Waals surface area (Å²) in [7, 11) is 0. The van der Waals surface area contributed by atoms with Crippen molar-refractivity contribution >= 4 is 6.79 Å². The van der Waals surface area contributed by atoms with E-state index in [1.165, 1.54) is 38.5 Å². The van der Waals surface area contributed by atoms with E-state index in [2.05, 4.69) is 62.3 Å². The molecule has 0 aliphatic heterocycles. The monoisotopic (exact) mass is 758 g/mol. The molecule has 0 aromatic carbocycles. The Bertz CT molecular complexity index is 250. The van der Waals surface area contributed by atoms with E-state index in [-0.39, 0.29) is 42.1 Å². The van der Waals surface area contributed by atoms with E-state index in [0.717, 1.165) is 6.42 Å². The zero-order valence-electron chi connectivity index (χ0n) is 21.3. The van der Waals surface area contributed by atoms with Crippen LogP contribution in [-0.4, -0.2) is 30.2 Å². The molecule has 1 saturated carbocycles. The SMILES string of the molecule is C=O.CCC(C)(C)C.CCC(C)(C)C.CCC(C)CO.OCC1CCCC1.[W].[W]. The predicted molar refractivity (Wildman–Crippen MR) is 122 cm³/mol. The number of hydrogen-bond donors (Lipinski definition) is 2. The molecule has 29 heavy (non-hydrogen) atoms. The summed E-state index contributed by atoms with van der Waals surface area (Å²) >= 11 is 0. The molecule has 1 atom stereocenters. The van der Waals surface area contributed by atoms with Crippen molar-refractivity contribution < 1.29 is 57.1 Å². The molecule has 3 nitrogen and oxygen atoms in total. The molecule has 2 N–H and O–H groups in total. The third-order valence-electron chi connectivity index (χ3n) is 4.86. The molecule has 0 aromatic heterocycles. The number of carbonyl (C=O) groups excluding carboxylic acids is 1. The van der Waals surface area contributed by atoms with Crippen molar-refractivity contribution in [3.05, 3.63) is 0 Å². The van der Waals surface area contributed by atoms with Gasteiger partial charge in [-0.1, -0.05) is 101 Å². The van der Waals surface area contributed by atoms with Crippen LogP contribution in [-0.2, 0) is 46.9 Å². The van der Waals surface area contributed by atoms with Gasteiger partial charge in [0.15, 0.2) is 0 Å². The Labute approximate surface area is 213 Å². The molecule has 0 saturated heterocycles. The number of aliphatic hydroxyl groups is 2. The average Bonchev–Trinajstić information content (AvgIpc) is 3.17. The van der Waals surface area contributed by atoms with Crippen LogP contribution in [0.1, 0.15) is 114 Å². The zero-order valence-corrected chi connectivity index (χ0v) is 27.2. The standard InChI is InChI=1S/C6H12O.2C6H14.C5H12O.CH2O.2W/c7-5-6-3-1-2-4-6;2*1-5-6(2,3)4;1-3-5(2)4-6;1-2;;/h6-7H,1-5H2;2*5H2,1-4H3;5-6H,3-4H2,1-2H3;1H2;;. The van der Waals surface area contributed by atoms with E-state index in [4.69, 9.17) is 15.0 Å². The van der Waals surface area contributed by atoms with Crippen LogP contribution >= 0.6 is 0 Å². The van der Waals surface area contributed by atoms with Crippen molar-refractivity contribution in [2.24, 2.45) is 22.7 Å². The fraction of sp³-hybridized carbons (Fsp3) is 0.958. The molecule has 180 valence electrons. The fourth-order valence-electron chi connectivity index (χ4n) is 1.32. The third-order valence-corrected chi connectivity index (χ3v) is 4.86. The second-order valence-electron chi connectivity index (χ2n) is 9.86. The molecule has 0 spiro atoms. The van der Waals surface area contributed by atoms with Crippen molar-refractivity contribution in [2.75, 3.05) is 13.2 Å². The van der Waals surface area contributed by atoms with E-state index >= 15 is 0 Å². The van der Waals surface area contributed by atoms with Crippen molar-refractivity contribution in [2.45, 2.75) is 114 Å². The van der Waals surface area contributed by atoms with Gasteiger partial charge < -0.3 is 15.0 Å². The van der Waals surface area contributed by atoms with Crippen LogP contribution in [0.15, 0.2) is 0 Å². The van der Waals surface area contributed by atoms with Gasteiger partial charge in [-0.2, -0.15) is 0 Å². The Morgan fingerprint density at radius 1 is 0.828 bits per heavy atom. The molecule has 0 radical (unpaired) electrons. The van der Waals surface area contributed by atoms with Gasteiger partial charge in [0.2, 0.25) is 0 Å². The second kappa shape index (κ2) is 29.0. The Hall–Kier alpha value is 0.967. The quantitative estimate of drug-likeness (QED) is 0.330. The Balaban J connectivity index is -0.0000000579. The minimum Gasteiger partial charge on any atom is -0.396 e. The zero-order chi connectivity index (χ0) is 22.5. The van der Waals surface area contributed by atoms with Crippen LogP contribution in [0.2, 0.25) is 0 Å². The van der Waals surface area contributed by atoms with E-state index < -0.39 is 0 Å². The summed E-state index contributed by atoms with van der Waals surface area (Å²) in [5, 5.41) is 16.9. The summed E-state index contributed by atoms with van der Waals surface area (Å²) in [5.74, 6) is 1.14. The molecule has 1 aliphatic rings. The molecular formula is C24H54O3W2. The Morgan fingerprint density at radius 3 is 1.17 bits per heavy atom. The van der Waals surface area contributed by atoms with Gasteiger partial charge in [-0.15, -0.1) is 0 Å². The summed E-state index contributed by atoms with van der Waals surface area (Å²) in [6, 6.07) is 0. The second-order valence-corrected chi connectivity index (χ2v) is 9.86. The first-order valence-corrected chi connectivity index (χ1v) is 10.9. The van der Waals surface area contributed by atoms with Crippen molar-refractivity contribution in [3.8, 4) is 0 Å². The number of aliphatic hydroxyl groups excluding tert-OH is 2. The van der Waals surface area contributed by atoms with E-state index in [1.54, 1.807) is 0 Å². The molecular weight excluding hydrogens is 704 g/mol. The summed E-state index contributed by atoms with van der Waals surface area (Å²) in [4.78, 5) is 8.00. The average molecular weight is 758 g/mol. The summed E-state index contributed by atoms with van der Waals surface area (Å²) < 4.78 is 0. The number of carbonyl (C=O) groups is 1. The maximum atomic E-state index is 8.57. The Morgan fingerprint density at radius 2 is 1.10 bits per heavy atom. The van der Waals surface area contributed by atoms with Gasteiger partial charge in [0.25, 0.3) is 0 Å². The molecule has 0 bridgehead atoms. The molecule has 0 aromatic rings. The normalized spacial score (nSPS) is 13.8. The van der Waals surface area contributed by atoms with Gasteiger partial charge in [-0.25, -0.2) is 0 Å². The molecule has 5 heteroatoms. The maximum absolute atomic E-state index is 8.57. The van der Waals surface area contributed by atoms with Crippen molar-refractivity contribution in [1.29, 1.82) is 0 Å². The van der Waals surface area contributed by atoms with Gasteiger partial charge in [0.05, 0.1) is 0 Å². The van der Waals surface area contributed by atoms with Crippen molar-refractivity contribution in [1.82, 2.24) is 0 Å². The molecule has 1 unspecified atom stereocenters. The number of rotatable bonds is 3. The minimum atomic E-state index is 0. The fourth-order valence-corrected chi connectivity index (χ4v) is 1.32. The molecule has 1 fully saturated rings. The van der Waals surface area contributed by atoms with Gasteiger partial charge in [-0.05, 0) is 35.5 Å². The van der Waals surface area contributed by atoms with E-state index in [0.29, 0.717) is 35.9 Å². The molecule has 0 heterocycles. The maximum Gasteiger partial charge on any atom is 0.106 e. The molecule has 1 aliphatic carbocycles. The largest absolute Gasteiger partial charge is 0.396 e. The third kappa shape index (κ3) is 52.8. The van der Waals surface area contributed by atoms with Gasteiger partial charge in [0.1, 0.15) is 6.79 Å². The van der Waals surface area contributed by atoms with Crippen LogP contribution < -0.4 is 0 Å². The number of hydrogen-bond acceptors (Lipinski definition) is 3.